The summed E-state index contributed by atoms with van der Waals surface area (Å²) in [5, 5.41) is 0.779. The average Bonchev–Trinajstić information content (AvgIpc) is 1.64. The van der Waals surface area contributed by atoms with Gasteiger partial charge >= 0.3 is 0 Å². The van der Waals surface area contributed by atoms with Crippen molar-refractivity contribution < 1.29 is 0 Å². The number of hydrogen-bond donors (Lipinski definition) is 1. The van der Waals surface area contributed by atoms with Crippen molar-refractivity contribution in [1.82, 2.24) is 4.31 Å². The van der Waals surface area contributed by atoms with E-state index in [0.717, 1.165) is 18.3 Å². The second-order valence-corrected chi connectivity index (χ2v) is 4.21. The van der Waals surface area contributed by atoms with E-state index >= 15 is 0 Å². The molecule has 0 aromatic carbocycles. The summed E-state index contributed by atoms with van der Waals surface area (Å²) in [6.07, 6.45) is 0. The molecule has 0 spiro atoms. The van der Waals surface area contributed by atoms with Crippen molar-refractivity contribution in [2.45, 2.75) is 12.2 Å². The van der Waals surface area contributed by atoms with Gasteiger partial charge in [-0.3, -0.25) is 4.31 Å². The molecule has 0 saturated carbocycles. The van der Waals surface area contributed by atoms with E-state index in [1.165, 1.54) is 5.75 Å². The molecule has 0 N–H and O–H groups in total. The fourth-order valence-electron chi connectivity index (χ4n) is 0.800. The van der Waals surface area contributed by atoms with Crippen LogP contribution in [0.2, 0.25) is 0 Å². The zero-order valence-corrected chi connectivity index (χ0v) is 6.71. The summed E-state index contributed by atoms with van der Waals surface area (Å²) < 4.78 is 2.08. The van der Waals surface area contributed by atoms with E-state index in [0.29, 0.717) is 0 Å². The fraction of sp³-hybridized carbons (Fsp3) is 1.00. The summed E-state index contributed by atoms with van der Waals surface area (Å²) in [5.41, 5.74) is 0. The minimum atomic E-state index is 0.779. The lowest BCUT2D eigenvalue weighted by Gasteiger charge is -2.25. The maximum Gasteiger partial charge on any atom is 0.0204 e. The van der Waals surface area contributed by atoms with Crippen LogP contribution in [0.1, 0.15) is 6.92 Å². The molecule has 1 rings (SSSR count). The minimum Gasteiger partial charge on any atom is -0.251 e. The first kappa shape index (κ1) is 6.78. The van der Waals surface area contributed by atoms with E-state index in [4.69, 9.17) is 0 Å². The molecule has 3 heteroatoms. The molecule has 1 heterocycles. The van der Waals surface area contributed by atoms with Gasteiger partial charge < -0.3 is 0 Å². The third kappa shape index (κ3) is 1.88. The van der Waals surface area contributed by atoms with Gasteiger partial charge in [-0.25, -0.2) is 0 Å². The van der Waals surface area contributed by atoms with E-state index in [-0.39, 0.29) is 0 Å². The van der Waals surface area contributed by atoms with Gasteiger partial charge in [0.05, 0.1) is 0 Å². The molecule has 1 atom stereocenters. The molecule has 1 nitrogen and oxygen atoms in total. The first-order valence-electron chi connectivity index (χ1n) is 2.84. The van der Waals surface area contributed by atoms with Crippen molar-refractivity contribution in [3.63, 3.8) is 0 Å². The minimum absolute atomic E-state index is 0.779. The van der Waals surface area contributed by atoms with Gasteiger partial charge in [0.25, 0.3) is 0 Å². The highest BCUT2D eigenvalue weighted by atomic mass is 32.2. The van der Waals surface area contributed by atoms with Crippen LogP contribution in [0.5, 0.6) is 0 Å². The molecule has 48 valence electrons. The van der Waals surface area contributed by atoms with Gasteiger partial charge in [0, 0.05) is 24.1 Å². The van der Waals surface area contributed by atoms with Crippen LogP contribution in [0.4, 0.5) is 0 Å². The third-order valence-electron chi connectivity index (χ3n) is 1.22. The normalized spacial score (nSPS) is 33.0. The lowest BCUT2D eigenvalue weighted by molar-refractivity contribution is 0.495. The fourth-order valence-corrected chi connectivity index (χ4v) is 2.40. The van der Waals surface area contributed by atoms with Crippen LogP contribution in [-0.2, 0) is 0 Å². The molecule has 1 aliphatic heterocycles. The molecule has 0 aliphatic carbocycles. The van der Waals surface area contributed by atoms with E-state index < -0.39 is 0 Å². The zero-order valence-electron chi connectivity index (χ0n) is 5.00. The summed E-state index contributed by atoms with van der Waals surface area (Å²) in [6, 6.07) is 0. The van der Waals surface area contributed by atoms with Gasteiger partial charge in [-0.2, -0.15) is 11.8 Å². The Morgan fingerprint density at radius 3 is 2.88 bits per heavy atom. The lowest BCUT2D eigenvalue weighted by atomic mass is 10.4. The number of thiol groups is 1. The number of rotatable bonds is 0. The number of nitrogens with zero attached hydrogens (tertiary/aromatic N) is 1. The van der Waals surface area contributed by atoms with Crippen LogP contribution in [0.3, 0.4) is 0 Å². The average molecular weight is 149 g/mol. The first-order chi connectivity index (χ1) is 3.79. The molecular formula is C5H11NS2. The molecule has 1 unspecified atom stereocenters. The van der Waals surface area contributed by atoms with Crippen molar-refractivity contribution in [1.29, 1.82) is 0 Å². The molecular weight excluding hydrogens is 138 g/mol. The topological polar surface area (TPSA) is 3.24 Å². The van der Waals surface area contributed by atoms with Gasteiger partial charge in [-0.15, -0.1) is 0 Å². The smallest absolute Gasteiger partial charge is 0.0204 e. The molecule has 1 fully saturated rings. The highest BCUT2D eigenvalue weighted by Crippen LogP contribution is 2.18. The summed E-state index contributed by atoms with van der Waals surface area (Å²) in [6.45, 7) is 4.51. The summed E-state index contributed by atoms with van der Waals surface area (Å²) >= 11 is 6.27. The summed E-state index contributed by atoms with van der Waals surface area (Å²) in [5.74, 6) is 1.24. The largest absolute Gasteiger partial charge is 0.251 e. The number of hydrogen-bond acceptors (Lipinski definition) is 3. The maximum absolute atomic E-state index is 4.24. The Morgan fingerprint density at radius 2 is 2.50 bits per heavy atom. The third-order valence-corrected chi connectivity index (χ3v) is 2.72. The van der Waals surface area contributed by atoms with Crippen molar-refractivity contribution in [3.05, 3.63) is 0 Å². The van der Waals surface area contributed by atoms with Gasteiger partial charge in [-0.1, -0.05) is 19.7 Å². The van der Waals surface area contributed by atoms with Gasteiger partial charge in [0.2, 0.25) is 0 Å². The molecule has 0 radical (unpaired) electrons. The van der Waals surface area contributed by atoms with Crippen LogP contribution >= 0.6 is 24.6 Å². The Balaban J connectivity index is 2.23. The molecule has 0 bridgehead atoms. The van der Waals surface area contributed by atoms with Crippen molar-refractivity contribution >= 4 is 24.6 Å². The second-order valence-electron chi connectivity index (χ2n) is 2.09. The highest BCUT2D eigenvalue weighted by Gasteiger charge is 2.12. The highest BCUT2D eigenvalue weighted by molar-refractivity contribution is 8.00. The van der Waals surface area contributed by atoms with Gasteiger partial charge in [0.15, 0.2) is 0 Å². The van der Waals surface area contributed by atoms with Crippen LogP contribution in [0, 0.1) is 0 Å². The summed E-state index contributed by atoms with van der Waals surface area (Å²) in [4.78, 5) is 0. The molecule has 0 aromatic heterocycles. The standard InChI is InChI=1S/C5H11NS2/c1-5-4-6(7)2-3-8-5/h5,7H,2-4H2,1H3. The quantitative estimate of drug-likeness (QED) is 0.517. The van der Waals surface area contributed by atoms with Crippen LogP contribution < -0.4 is 0 Å². The van der Waals surface area contributed by atoms with E-state index in [9.17, 15) is 0 Å². The number of thioether (sulfide) groups is 1. The van der Waals surface area contributed by atoms with Crippen molar-refractivity contribution in [2.24, 2.45) is 0 Å². The first-order valence-corrected chi connectivity index (χ1v) is 4.29. The predicted octanol–water partition coefficient (Wildman–Crippen LogP) is 1.27. The van der Waals surface area contributed by atoms with E-state index in [2.05, 4.69) is 24.0 Å². The molecule has 0 aromatic rings. The van der Waals surface area contributed by atoms with Crippen LogP contribution in [0.15, 0.2) is 0 Å². The SMILES string of the molecule is CC1CN(S)CCS1. The monoisotopic (exact) mass is 149 g/mol. The van der Waals surface area contributed by atoms with E-state index in [1.807, 2.05) is 11.8 Å². The van der Waals surface area contributed by atoms with Crippen molar-refractivity contribution in [3.8, 4) is 0 Å². The summed E-state index contributed by atoms with van der Waals surface area (Å²) in [7, 11) is 0. The van der Waals surface area contributed by atoms with Crippen molar-refractivity contribution in [2.75, 3.05) is 18.8 Å². The van der Waals surface area contributed by atoms with Gasteiger partial charge in [-0.05, 0) is 0 Å². The Hall–Kier alpha value is 0.660. The maximum atomic E-state index is 4.24. The Morgan fingerprint density at radius 1 is 1.75 bits per heavy atom. The molecule has 1 saturated heterocycles. The second kappa shape index (κ2) is 2.99. The molecule has 1 aliphatic rings. The Bertz CT molecular complexity index is 68.8. The zero-order chi connectivity index (χ0) is 5.98. The lowest BCUT2D eigenvalue weighted by Crippen LogP contribution is -2.29. The van der Waals surface area contributed by atoms with Crippen LogP contribution in [-0.4, -0.2) is 28.4 Å². The van der Waals surface area contributed by atoms with E-state index in [1.54, 1.807) is 0 Å². The molecule has 8 heavy (non-hydrogen) atoms. The Labute approximate surface area is 60.4 Å². The Kier molecular flexibility index (Phi) is 2.53. The predicted molar refractivity (Wildman–Crippen MR) is 42.5 cm³/mol. The van der Waals surface area contributed by atoms with Crippen LogP contribution in [0.25, 0.3) is 0 Å². The van der Waals surface area contributed by atoms with Gasteiger partial charge in [0.1, 0.15) is 0 Å². The molecule has 0 amide bonds.